The van der Waals surface area contributed by atoms with Crippen LogP contribution in [0.15, 0.2) is 18.2 Å². The van der Waals surface area contributed by atoms with Gasteiger partial charge in [-0.25, -0.2) is 4.79 Å². The summed E-state index contributed by atoms with van der Waals surface area (Å²) in [4.78, 5) is 11.5. The number of nitrogens with one attached hydrogen (secondary N) is 1. The summed E-state index contributed by atoms with van der Waals surface area (Å²) >= 11 is 0. The summed E-state index contributed by atoms with van der Waals surface area (Å²) in [6.45, 7) is 8.63. The summed E-state index contributed by atoms with van der Waals surface area (Å²) in [5, 5.41) is 2.70. The second-order valence-electron chi connectivity index (χ2n) is 4.83. The molecule has 1 rings (SSSR count). The molecule has 0 aromatic heterocycles. The Kier molecular flexibility index (Phi) is 5.01. The molecule has 0 heterocycles. The third-order valence-electron chi connectivity index (χ3n) is 2.27. The highest BCUT2D eigenvalue weighted by atomic mass is 16.5. The highest BCUT2D eigenvalue weighted by Crippen LogP contribution is 2.18. The molecule has 0 unspecified atom stereocenters. The average Bonchev–Trinajstić information content (AvgIpc) is 2.26. The molecule has 0 bridgehead atoms. The zero-order valence-corrected chi connectivity index (χ0v) is 10.9. The van der Waals surface area contributed by atoms with Crippen molar-refractivity contribution < 1.29 is 9.53 Å². The van der Waals surface area contributed by atoms with Crippen molar-refractivity contribution in [3.05, 3.63) is 29.8 Å². The summed E-state index contributed by atoms with van der Waals surface area (Å²) in [5.74, 6) is 0.758. The molecule has 0 aliphatic carbocycles. The maximum atomic E-state index is 11.5. The molecular formula is C14H20NO2. The van der Waals surface area contributed by atoms with Gasteiger partial charge in [0.1, 0.15) is 0 Å². The standard InChI is InChI=1S/C14H20NO2/c1-10(2)9-17-14(16)15-13-7-5-6-12(8-13)11(3)4/h6-8,10-11H,9H2,1-4H3,(H,15,16). The minimum Gasteiger partial charge on any atom is -0.449 e. The molecule has 0 fully saturated rings. The zero-order chi connectivity index (χ0) is 12.8. The molecule has 1 radical (unpaired) electrons. The first kappa shape index (κ1) is 13.6. The van der Waals surface area contributed by atoms with Crippen molar-refractivity contribution in [2.45, 2.75) is 33.6 Å². The summed E-state index contributed by atoms with van der Waals surface area (Å²) in [6.07, 6.45) is -0.409. The molecule has 3 nitrogen and oxygen atoms in total. The summed E-state index contributed by atoms with van der Waals surface area (Å²) < 4.78 is 5.04. The van der Waals surface area contributed by atoms with Crippen molar-refractivity contribution in [2.24, 2.45) is 5.92 Å². The summed E-state index contributed by atoms with van der Waals surface area (Å²) in [6, 6.07) is 8.62. The Balaban J connectivity index is 2.56. The van der Waals surface area contributed by atoms with Crippen LogP contribution in [0.4, 0.5) is 10.5 Å². The average molecular weight is 234 g/mol. The predicted octanol–water partition coefficient (Wildman–Crippen LogP) is 3.81. The van der Waals surface area contributed by atoms with Crippen molar-refractivity contribution >= 4 is 11.8 Å². The normalized spacial score (nSPS) is 10.7. The first-order chi connectivity index (χ1) is 7.99. The van der Waals surface area contributed by atoms with Crippen LogP contribution >= 0.6 is 0 Å². The van der Waals surface area contributed by atoms with Gasteiger partial charge in [0, 0.05) is 5.69 Å². The van der Waals surface area contributed by atoms with Crippen molar-refractivity contribution in [1.29, 1.82) is 0 Å². The van der Waals surface area contributed by atoms with E-state index in [0.717, 1.165) is 11.3 Å². The van der Waals surface area contributed by atoms with Gasteiger partial charge in [-0.05, 0) is 35.6 Å². The maximum Gasteiger partial charge on any atom is 0.411 e. The molecule has 0 atom stereocenters. The Labute approximate surface area is 103 Å². The molecule has 17 heavy (non-hydrogen) atoms. The Morgan fingerprint density at radius 1 is 1.35 bits per heavy atom. The van der Waals surface area contributed by atoms with Gasteiger partial charge in [-0.15, -0.1) is 0 Å². The van der Waals surface area contributed by atoms with Gasteiger partial charge in [-0.3, -0.25) is 5.32 Å². The number of hydrogen-bond acceptors (Lipinski definition) is 2. The number of ether oxygens (including phenoxy) is 1. The molecule has 3 heteroatoms. The largest absolute Gasteiger partial charge is 0.449 e. The van der Waals surface area contributed by atoms with Crippen LogP contribution in [-0.2, 0) is 4.74 Å². The van der Waals surface area contributed by atoms with Gasteiger partial charge in [-0.1, -0.05) is 33.8 Å². The molecule has 93 valence electrons. The number of carbonyl (C=O) groups is 1. The number of hydrogen-bond donors (Lipinski definition) is 1. The fraction of sp³-hybridized carbons (Fsp3) is 0.500. The van der Waals surface area contributed by atoms with Crippen LogP contribution in [0.25, 0.3) is 0 Å². The van der Waals surface area contributed by atoms with Gasteiger partial charge in [0.2, 0.25) is 0 Å². The maximum absolute atomic E-state index is 11.5. The SMILES string of the molecule is CC(C)COC(=O)Nc1c[c]cc(C(C)C)c1. The number of anilines is 1. The lowest BCUT2D eigenvalue weighted by atomic mass is 10.0. The quantitative estimate of drug-likeness (QED) is 0.860. The van der Waals surface area contributed by atoms with Gasteiger partial charge in [0.25, 0.3) is 0 Å². The fourth-order valence-corrected chi connectivity index (χ4v) is 1.29. The highest BCUT2D eigenvalue weighted by Gasteiger charge is 2.06. The van der Waals surface area contributed by atoms with Crippen LogP contribution in [0, 0.1) is 12.0 Å². The van der Waals surface area contributed by atoms with Crippen LogP contribution < -0.4 is 5.32 Å². The van der Waals surface area contributed by atoms with Gasteiger partial charge >= 0.3 is 6.09 Å². The molecule has 1 aromatic carbocycles. The number of benzene rings is 1. The number of amides is 1. The van der Waals surface area contributed by atoms with Crippen molar-refractivity contribution in [2.75, 3.05) is 11.9 Å². The number of carbonyl (C=O) groups excluding carboxylic acids is 1. The van der Waals surface area contributed by atoms with E-state index in [4.69, 9.17) is 4.74 Å². The van der Waals surface area contributed by atoms with Crippen LogP contribution in [0.3, 0.4) is 0 Å². The van der Waals surface area contributed by atoms with Crippen molar-refractivity contribution in [3.63, 3.8) is 0 Å². The lowest BCUT2D eigenvalue weighted by Gasteiger charge is -2.10. The Bertz CT molecular complexity index is 372. The Hall–Kier alpha value is -1.51. The first-order valence-electron chi connectivity index (χ1n) is 5.94. The molecule has 0 saturated heterocycles. The third kappa shape index (κ3) is 4.89. The number of rotatable bonds is 4. The molecule has 0 aliphatic rings. The van der Waals surface area contributed by atoms with Gasteiger partial charge in [0.15, 0.2) is 0 Å². The first-order valence-corrected chi connectivity index (χ1v) is 5.94. The van der Waals surface area contributed by atoms with E-state index < -0.39 is 6.09 Å². The van der Waals surface area contributed by atoms with E-state index in [1.807, 2.05) is 26.0 Å². The van der Waals surface area contributed by atoms with Gasteiger partial charge < -0.3 is 4.74 Å². The van der Waals surface area contributed by atoms with Gasteiger partial charge in [0.05, 0.1) is 6.61 Å². The fourth-order valence-electron chi connectivity index (χ4n) is 1.29. The summed E-state index contributed by atoms with van der Waals surface area (Å²) in [7, 11) is 0. The van der Waals surface area contributed by atoms with Crippen LogP contribution in [-0.4, -0.2) is 12.7 Å². The molecule has 0 aliphatic heterocycles. The van der Waals surface area contributed by atoms with E-state index in [9.17, 15) is 4.79 Å². The highest BCUT2D eigenvalue weighted by molar-refractivity contribution is 5.84. The van der Waals surface area contributed by atoms with Gasteiger partial charge in [-0.2, -0.15) is 0 Å². The van der Waals surface area contributed by atoms with E-state index in [-0.39, 0.29) is 0 Å². The Morgan fingerprint density at radius 3 is 2.65 bits per heavy atom. The molecule has 0 spiro atoms. The van der Waals surface area contributed by atoms with Crippen molar-refractivity contribution in [3.8, 4) is 0 Å². The summed E-state index contributed by atoms with van der Waals surface area (Å²) in [5.41, 5.74) is 1.87. The smallest absolute Gasteiger partial charge is 0.411 e. The molecule has 1 N–H and O–H groups in total. The van der Waals surface area contributed by atoms with E-state index in [0.29, 0.717) is 18.4 Å². The third-order valence-corrected chi connectivity index (χ3v) is 2.27. The monoisotopic (exact) mass is 234 g/mol. The van der Waals surface area contributed by atoms with Crippen LogP contribution in [0.2, 0.25) is 0 Å². The zero-order valence-electron chi connectivity index (χ0n) is 10.9. The molecule has 1 aromatic rings. The van der Waals surface area contributed by atoms with E-state index in [1.165, 1.54) is 0 Å². The lowest BCUT2D eigenvalue weighted by Crippen LogP contribution is -2.16. The topological polar surface area (TPSA) is 38.3 Å². The molecular weight excluding hydrogens is 214 g/mol. The molecule has 1 amide bonds. The van der Waals surface area contributed by atoms with E-state index >= 15 is 0 Å². The second-order valence-corrected chi connectivity index (χ2v) is 4.83. The molecule has 0 saturated carbocycles. The van der Waals surface area contributed by atoms with Crippen LogP contribution in [0.5, 0.6) is 0 Å². The van der Waals surface area contributed by atoms with E-state index in [1.54, 1.807) is 6.07 Å². The Morgan fingerprint density at radius 2 is 2.06 bits per heavy atom. The lowest BCUT2D eigenvalue weighted by molar-refractivity contribution is 0.147. The second kappa shape index (κ2) is 6.28. The predicted molar refractivity (Wildman–Crippen MR) is 69.2 cm³/mol. The minimum absolute atomic E-state index is 0.342. The van der Waals surface area contributed by atoms with Crippen LogP contribution in [0.1, 0.15) is 39.2 Å². The minimum atomic E-state index is -0.409. The van der Waals surface area contributed by atoms with Crippen molar-refractivity contribution in [1.82, 2.24) is 0 Å². The van der Waals surface area contributed by atoms with E-state index in [2.05, 4.69) is 25.2 Å².